The van der Waals surface area contributed by atoms with Crippen LogP contribution < -0.4 is 5.73 Å². The van der Waals surface area contributed by atoms with Gasteiger partial charge in [0.25, 0.3) is 0 Å². The van der Waals surface area contributed by atoms with Crippen LogP contribution in [-0.2, 0) is 0 Å². The van der Waals surface area contributed by atoms with Gasteiger partial charge in [-0.1, -0.05) is 0 Å². The van der Waals surface area contributed by atoms with Gasteiger partial charge in [-0.05, 0) is 18.4 Å². The normalized spacial score (nSPS) is 10.0. The molecule has 0 atom stereocenters. The molecule has 0 saturated carbocycles. The molecule has 0 heterocycles. The number of thioether (sulfide) groups is 1. The van der Waals surface area contributed by atoms with E-state index in [2.05, 4.69) is 12.6 Å². The Hall–Kier alpha value is -0.480. The van der Waals surface area contributed by atoms with E-state index < -0.39 is 0 Å². The zero-order valence-electron chi connectivity index (χ0n) is 6.03. The van der Waals surface area contributed by atoms with Crippen LogP contribution in [-0.4, -0.2) is 11.4 Å². The lowest BCUT2D eigenvalue weighted by Crippen LogP contribution is -1.87. The van der Waals surface area contributed by atoms with E-state index in [0.29, 0.717) is 10.6 Å². The van der Waals surface area contributed by atoms with Crippen molar-refractivity contribution in [3.05, 3.63) is 12.1 Å². The number of thiol groups is 1. The molecule has 0 unspecified atom stereocenters. The summed E-state index contributed by atoms with van der Waals surface area (Å²) in [5.74, 6) is 0.233. The van der Waals surface area contributed by atoms with Crippen molar-refractivity contribution in [2.24, 2.45) is 0 Å². The van der Waals surface area contributed by atoms with Gasteiger partial charge >= 0.3 is 0 Å². The zero-order chi connectivity index (χ0) is 8.43. The molecule has 2 nitrogen and oxygen atoms in total. The Morgan fingerprint density at radius 1 is 1.55 bits per heavy atom. The molecule has 0 spiro atoms. The van der Waals surface area contributed by atoms with Gasteiger partial charge < -0.3 is 10.8 Å². The largest absolute Gasteiger partial charge is 0.507 e. The second kappa shape index (κ2) is 3.28. The van der Waals surface area contributed by atoms with Crippen molar-refractivity contribution in [1.29, 1.82) is 0 Å². The SMILES string of the molecule is CSc1cc(N)c(S)cc1O. The van der Waals surface area contributed by atoms with Gasteiger partial charge in [0.2, 0.25) is 0 Å². The van der Waals surface area contributed by atoms with Crippen molar-refractivity contribution in [1.82, 2.24) is 0 Å². The molecule has 0 amide bonds. The molecule has 0 fully saturated rings. The van der Waals surface area contributed by atoms with Gasteiger partial charge in [-0.15, -0.1) is 24.4 Å². The number of hydrogen-bond donors (Lipinski definition) is 3. The molecule has 0 radical (unpaired) electrons. The molecule has 0 aromatic heterocycles. The summed E-state index contributed by atoms with van der Waals surface area (Å²) in [4.78, 5) is 1.39. The number of benzene rings is 1. The highest BCUT2D eigenvalue weighted by Gasteiger charge is 2.02. The first-order chi connectivity index (χ1) is 5.15. The first-order valence-corrected chi connectivity index (χ1v) is 4.67. The monoisotopic (exact) mass is 187 g/mol. The van der Waals surface area contributed by atoms with Crippen LogP contribution >= 0.6 is 24.4 Å². The number of phenolic OH excluding ortho intramolecular Hbond substituents is 1. The summed E-state index contributed by atoms with van der Waals surface area (Å²) >= 11 is 5.51. The predicted molar refractivity (Wildman–Crippen MR) is 51.6 cm³/mol. The fourth-order valence-electron chi connectivity index (χ4n) is 0.737. The lowest BCUT2D eigenvalue weighted by molar-refractivity contribution is 0.461. The number of rotatable bonds is 1. The molecule has 1 aromatic rings. The maximum Gasteiger partial charge on any atom is 0.130 e. The number of nitrogens with two attached hydrogens (primary N) is 1. The van der Waals surface area contributed by atoms with Crippen LogP contribution in [0, 0.1) is 0 Å². The number of hydrogen-bond acceptors (Lipinski definition) is 4. The highest BCUT2D eigenvalue weighted by Crippen LogP contribution is 2.32. The third-order valence-corrected chi connectivity index (χ3v) is 2.48. The smallest absolute Gasteiger partial charge is 0.130 e. The Morgan fingerprint density at radius 3 is 2.73 bits per heavy atom. The minimum absolute atomic E-state index is 0.233. The van der Waals surface area contributed by atoms with E-state index in [-0.39, 0.29) is 5.75 Å². The van der Waals surface area contributed by atoms with Crippen molar-refractivity contribution >= 4 is 30.1 Å². The molecule has 4 heteroatoms. The Kier molecular flexibility index (Phi) is 2.57. The number of phenols is 1. The molecular weight excluding hydrogens is 178 g/mol. The van der Waals surface area contributed by atoms with Crippen LogP contribution in [0.4, 0.5) is 5.69 Å². The molecule has 60 valence electrons. The van der Waals surface area contributed by atoms with Crippen molar-refractivity contribution in [3.63, 3.8) is 0 Å². The lowest BCUT2D eigenvalue weighted by Gasteiger charge is -2.04. The van der Waals surface area contributed by atoms with E-state index in [4.69, 9.17) is 5.73 Å². The summed E-state index contributed by atoms with van der Waals surface area (Å²) in [5.41, 5.74) is 6.16. The topological polar surface area (TPSA) is 46.2 Å². The standard InChI is InChI=1S/C7H9NOS2/c1-11-7-2-4(8)6(10)3-5(7)9/h2-3,9-10H,8H2,1H3. The minimum atomic E-state index is 0.233. The maximum atomic E-state index is 9.29. The molecule has 1 rings (SSSR count). The minimum Gasteiger partial charge on any atom is -0.507 e. The predicted octanol–water partition coefficient (Wildman–Crippen LogP) is 1.98. The summed E-state index contributed by atoms with van der Waals surface area (Å²) in [6, 6.07) is 3.26. The molecule has 11 heavy (non-hydrogen) atoms. The molecular formula is C7H9NOS2. The number of aromatic hydroxyl groups is 1. The Balaban J connectivity index is 3.21. The third kappa shape index (κ3) is 1.75. The quantitative estimate of drug-likeness (QED) is 0.273. The maximum absolute atomic E-state index is 9.29. The fraction of sp³-hybridized carbons (Fsp3) is 0.143. The van der Waals surface area contributed by atoms with Crippen molar-refractivity contribution < 1.29 is 5.11 Å². The Labute approximate surface area is 75.2 Å². The van der Waals surface area contributed by atoms with E-state index >= 15 is 0 Å². The van der Waals surface area contributed by atoms with E-state index in [1.807, 2.05) is 6.26 Å². The van der Waals surface area contributed by atoms with Gasteiger partial charge in [0.15, 0.2) is 0 Å². The van der Waals surface area contributed by atoms with Gasteiger partial charge in [0.1, 0.15) is 5.75 Å². The second-order valence-corrected chi connectivity index (χ2v) is 3.41. The van der Waals surface area contributed by atoms with Gasteiger partial charge in [-0.3, -0.25) is 0 Å². The molecule has 0 aliphatic heterocycles. The molecule has 0 bridgehead atoms. The van der Waals surface area contributed by atoms with Gasteiger partial charge in [-0.2, -0.15) is 0 Å². The van der Waals surface area contributed by atoms with Crippen LogP contribution in [0.15, 0.2) is 21.9 Å². The first kappa shape index (κ1) is 8.62. The fourth-order valence-corrected chi connectivity index (χ4v) is 1.44. The average Bonchev–Trinajstić information content (AvgIpc) is 1.97. The van der Waals surface area contributed by atoms with Crippen LogP contribution in [0.3, 0.4) is 0 Å². The van der Waals surface area contributed by atoms with E-state index in [9.17, 15) is 5.11 Å². The number of nitrogen functional groups attached to an aromatic ring is 1. The van der Waals surface area contributed by atoms with E-state index in [1.165, 1.54) is 11.8 Å². The van der Waals surface area contributed by atoms with Crippen LogP contribution in [0.25, 0.3) is 0 Å². The average molecular weight is 187 g/mol. The van der Waals surface area contributed by atoms with Crippen LogP contribution in [0.1, 0.15) is 0 Å². The van der Waals surface area contributed by atoms with E-state index in [1.54, 1.807) is 12.1 Å². The summed E-state index contributed by atoms with van der Waals surface area (Å²) in [6.45, 7) is 0. The van der Waals surface area contributed by atoms with Gasteiger partial charge in [-0.25, -0.2) is 0 Å². The third-order valence-electron chi connectivity index (χ3n) is 1.33. The molecule has 0 aliphatic carbocycles. The zero-order valence-corrected chi connectivity index (χ0v) is 7.75. The Morgan fingerprint density at radius 2 is 2.18 bits per heavy atom. The van der Waals surface area contributed by atoms with Crippen LogP contribution in [0.2, 0.25) is 0 Å². The first-order valence-electron chi connectivity index (χ1n) is 3.00. The molecule has 1 aromatic carbocycles. The van der Waals surface area contributed by atoms with Crippen LogP contribution in [0.5, 0.6) is 5.75 Å². The molecule has 0 saturated heterocycles. The highest BCUT2D eigenvalue weighted by molar-refractivity contribution is 7.98. The van der Waals surface area contributed by atoms with Crippen molar-refractivity contribution in [2.45, 2.75) is 9.79 Å². The molecule has 0 aliphatic rings. The molecule has 3 N–H and O–H groups in total. The summed E-state index contributed by atoms with van der Waals surface area (Å²) in [6.07, 6.45) is 1.88. The summed E-state index contributed by atoms with van der Waals surface area (Å²) < 4.78 is 0. The van der Waals surface area contributed by atoms with Crippen molar-refractivity contribution in [3.8, 4) is 5.75 Å². The van der Waals surface area contributed by atoms with Gasteiger partial charge in [0, 0.05) is 10.6 Å². The number of anilines is 1. The van der Waals surface area contributed by atoms with Gasteiger partial charge in [0.05, 0.1) is 4.90 Å². The van der Waals surface area contributed by atoms with E-state index in [0.717, 1.165) is 4.90 Å². The highest BCUT2D eigenvalue weighted by atomic mass is 32.2. The summed E-state index contributed by atoms with van der Waals surface area (Å²) in [7, 11) is 0. The van der Waals surface area contributed by atoms with Crippen molar-refractivity contribution in [2.75, 3.05) is 12.0 Å². The second-order valence-electron chi connectivity index (χ2n) is 2.08. The Bertz CT molecular complexity index is 275. The summed E-state index contributed by atoms with van der Waals surface area (Å²) in [5, 5.41) is 9.29. The lowest BCUT2D eigenvalue weighted by atomic mass is 10.3.